The number of nitrogens with zero attached hydrogens (tertiary/aromatic N) is 1. The summed E-state index contributed by atoms with van der Waals surface area (Å²) in [6, 6.07) is 0.552. The zero-order valence-corrected chi connectivity index (χ0v) is 7.26. The SMILES string of the molecule is CC(C)N1CC(C(F)CN)C1. The zero-order chi connectivity index (χ0) is 8.43. The van der Waals surface area contributed by atoms with Gasteiger partial charge in [0.15, 0.2) is 0 Å². The van der Waals surface area contributed by atoms with E-state index < -0.39 is 6.17 Å². The summed E-state index contributed by atoms with van der Waals surface area (Å²) in [6.07, 6.45) is -0.787. The molecule has 1 atom stereocenters. The van der Waals surface area contributed by atoms with E-state index in [1.807, 2.05) is 0 Å². The van der Waals surface area contributed by atoms with Crippen molar-refractivity contribution in [3.8, 4) is 0 Å². The molecule has 0 spiro atoms. The van der Waals surface area contributed by atoms with Crippen molar-refractivity contribution in [1.29, 1.82) is 0 Å². The smallest absolute Gasteiger partial charge is 0.118 e. The van der Waals surface area contributed by atoms with Gasteiger partial charge in [-0.15, -0.1) is 0 Å². The van der Waals surface area contributed by atoms with Crippen LogP contribution in [0.2, 0.25) is 0 Å². The predicted molar refractivity (Wildman–Crippen MR) is 44.1 cm³/mol. The summed E-state index contributed by atoms with van der Waals surface area (Å²) in [5.41, 5.74) is 5.21. The molecule has 11 heavy (non-hydrogen) atoms. The molecule has 0 aromatic heterocycles. The highest BCUT2D eigenvalue weighted by Gasteiger charge is 2.33. The molecule has 0 radical (unpaired) electrons. The van der Waals surface area contributed by atoms with Gasteiger partial charge < -0.3 is 10.6 Å². The molecule has 0 aromatic rings. The normalized spacial score (nSPS) is 23.7. The van der Waals surface area contributed by atoms with Crippen molar-refractivity contribution in [3.63, 3.8) is 0 Å². The Balaban J connectivity index is 2.18. The van der Waals surface area contributed by atoms with Gasteiger partial charge in [-0.1, -0.05) is 0 Å². The molecule has 1 heterocycles. The van der Waals surface area contributed by atoms with E-state index >= 15 is 0 Å². The summed E-state index contributed by atoms with van der Waals surface area (Å²) in [5.74, 6) is 0.197. The minimum Gasteiger partial charge on any atom is -0.328 e. The molecule has 1 unspecified atom stereocenters. The fourth-order valence-electron chi connectivity index (χ4n) is 1.39. The molecule has 1 rings (SSSR count). The Morgan fingerprint density at radius 2 is 2.09 bits per heavy atom. The lowest BCUT2D eigenvalue weighted by Gasteiger charge is -2.43. The van der Waals surface area contributed by atoms with Crippen molar-refractivity contribution in [1.82, 2.24) is 4.90 Å². The topological polar surface area (TPSA) is 29.3 Å². The van der Waals surface area contributed by atoms with Crippen LogP contribution in [0.25, 0.3) is 0 Å². The van der Waals surface area contributed by atoms with Crippen molar-refractivity contribution < 1.29 is 4.39 Å². The third-order valence-corrected chi connectivity index (χ3v) is 2.41. The van der Waals surface area contributed by atoms with Crippen LogP contribution in [0.1, 0.15) is 13.8 Å². The first-order valence-electron chi connectivity index (χ1n) is 4.23. The van der Waals surface area contributed by atoms with Gasteiger partial charge in [0.2, 0.25) is 0 Å². The summed E-state index contributed by atoms with van der Waals surface area (Å²) in [6.45, 7) is 6.21. The fraction of sp³-hybridized carbons (Fsp3) is 1.00. The molecule has 0 aliphatic carbocycles. The van der Waals surface area contributed by atoms with Crippen LogP contribution >= 0.6 is 0 Å². The van der Waals surface area contributed by atoms with Gasteiger partial charge in [-0.25, -0.2) is 4.39 Å². The maximum Gasteiger partial charge on any atom is 0.118 e. The van der Waals surface area contributed by atoms with Crippen LogP contribution in [0.4, 0.5) is 4.39 Å². The second kappa shape index (κ2) is 3.50. The van der Waals surface area contributed by atoms with Crippen LogP contribution in [0, 0.1) is 5.92 Å². The number of halogens is 1. The average molecular weight is 160 g/mol. The Hall–Kier alpha value is -0.150. The largest absolute Gasteiger partial charge is 0.328 e. The Morgan fingerprint density at radius 1 is 1.55 bits per heavy atom. The van der Waals surface area contributed by atoms with Crippen LogP contribution in [-0.2, 0) is 0 Å². The highest BCUT2D eigenvalue weighted by molar-refractivity contribution is 4.87. The molecular formula is C8H17FN2. The molecule has 1 aliphatic rings. The number of hydrogen-bond donors (Lipinski definition) is 1. The third-order valence-electron chi connectivity index (χ3n) is 2.41. The van der Waals surface area contributed by atoms with Gasteiger partial charge in [0.25, 0.3) is 0 Å². The maximum absolute atomic E-state index is 12.9. The van der Waals surface area contributed by atoms with Crippen LogP contribution < -0.4 is 5.73 Å². The van der Waals surface area contributed by atoms with E-state index in [2.05, 4.69) is 18.7 Å². The van der Waals surface area contributed by atoms with Crippen molar-refractivity contribution >= 4 is 0 Å². The van der Waals surface area contributed by atoms with Gasteiger partial charge >= 0.3 is 0 Å². The first-order chi connectivity index (χ1) is 5.15. The molecule has 0 aromatic carbocycles. The Bertz CT molecular complexity index is 121. The number of nitrogens with two attached hydrogens (primary N) is 1. The number of hydrogen-bond acceptors (Lipinski definition) is 2. The Morgan fingerprint density at radius 3 is 2.45 bits per heavy atom. The van der Waals surface area contributed by atoms with E-state index in [4.69, 9.17) is 5.73 Å². The lowest BCUT2D eigenvalue weighted by Crippen LogP contribution is -2.54. The highest BCUT2D eigenvalue weighted by atomic mass is 19.1. The summed E-state index contributed by atoms with van der Waals surface area (Å²) >= 11 is 0. The van der Waals surface area contributed by atoms with Crippen LogP contribution in [0.3, 0.4) is 0 Å². The van der Waals surface area contributed by atoms with Crippen molar-refractivity contribution in [3.05, 3.63) is 0 Å². The molecule has 66 valence electrons. The molecule has 1 fully saturated rings. The minimum atomic E-state index is -0.787. The van der Waals surface area contributed by atoms with Gasteiger partial charge in [0.1, 0.15) is 6.17 Å². The average Bonchev–Trinajstić information content (AvgIpc) is 1.83. The first-order valence-corrected chi connectivity index (χ1v) is 4.23. The first kappa shape index (κ1) is 8.94. The lowest BCUT2D eigenvalue weighted by atomic mass is 9.93. The summed E-state index contributed by atoms with van der Waals surface area (Å²) in [4.78, 5) is 2.26. The van der Waals surface area contributed by atoms with Crippen molar-refractivity contribution in [2.24, 2.45) is 11.7 Å². The second-order valence-electron chi connectivity index (χ2n) is 3.56. The predicted octanol–water partition coefficient (Wildman–Crippen LogP) is 0.623. The lowest BCUT2D eigenvalue weighted by molar-refractivity contribution is 0.0198. The van der Waals surface area contributed by atoms with Gasteiger partial charge in [-0.2, -0.15) is 0 Å². The van der Waals surface area contributed by atoms with E-state index in [1.165, 1.54) is 0 Å². The van der Waals surface area contributed by atoms with E-state index in [9.17, 15) is 4.39 Å². The maximum atomic E-state index is 12.9. The number of rotatable bonds is 3. The number of alkyl halides is 1. The standard InChI is InChI=1S/C8H17FN2/c1-6(2)11-4-7(5-11)8(9)3-10/h6-8H,3-5,10H2,1-2H3. The highest BCUT2D eigenvalue weighted by Crippen LogP contribution is 2.22. The van der Waals surface area contributed by atoms with Crippen molar-refractivity contribution in [2.75, 3.05) is 19.6 Å². The zero-order valence-electron chi connectivity index (χ0n) is 7.26. The molecule has 0 bridgehead atoms. The molecule has 2 N–H and O–H groups in total. The van der Waals surface area contributed by atoms with Gasteiger partial charge in [0.05, 0.1) is 0 Å². The summed E-state index contributed by atoms with van der Waals surface area (Å²) in [7, 11) is 0. The number of likely N-dealkylation sites (tertiary alicyclic amines) is 1. The van der Waals surface area contributed by atoms with E-state index in [1.54, 1.807) is 0 Å². The molecule has 1 aliphatic heterocycles. The van der Waals surface area contributed by atoms with Gasteiger partial charge in [0, 0.05) is 31.6 Å². The van der Waals surface area contributed by atoms with Crippen LogP contribution in [-0.4, -0.2) is 36.7 Å². The molecular weight excluding hydrogens is 143 g/mol. The molecule has 1 saturated heterocycles. The van der Waals surface area contributed by atoms with E-state index in [0.717, 1.165) is 13.1 Å². The van der Waals surface area contributed by atoms with E-state index in [0.29, 0.717) is 6.04 Å². The molecule has 2 nitrogen and oxygen atoms in total. The Kier molecular flexibility index (Phi) is 2.84. The van der Waals surface area contributed by atoms with Gasteiger partial charge in [-0.3, -0.25) is 0 Å². The fourth-order valence-corrected chi connectivity index (χ4v) is 1.39. The Labute approximate surface area is 67.6 Å². The molecule has 3 heteroatoms. The van der Waals surface area contributed by atoms with Gasteiger partial charge in [-0.05, 0) is 13.8 Å². The second-order valence-corrected chi connectivity index (χ2v) is 3.56. The summed E-state index contributed by atoms with van der Waals surface area (Å²) in [5, 5.41) is 0. The van der Waals surface area contributed by atoms with Crippen LogP contribution in [0.5, 0.6) is 0 Å². The molecule has 0 saturated carbocycles. The van der Waals surface area contributed by atoms with Crippen molar-refractivity contribution in [2.45, 2.75) is 26.1 Å². The quantitative estimate of drug-likeness (QED) is 0.656. The summed E-state index contributed by atoms with van der Waals surface area (Å²) < 4.78 is 12.9. The minimum absolute atomic E-state index is 0.177. The molecule has 0 amide bonds. The van der Waals surface area contributed by atoms with Crippen LogP contribution in [0.15, 0.2) is 0 Å². The monoisotopic (exact) mass is 160 g/mol. The third kappa shape index (κ3) is 1.91. The van der Waals surface area contributed by atoms with E-state index in [-0.39, 0.29) is 12.5 Å².